The summed E-state index contributed by atoms with van der Waals surface area (Å²) in [5.74, 6) is -1.43. The number of aromatic nitrogens is 2. The highest BCUT2D eigenvalue weighted by Crippen LogP contribution is 2.28. The van der Waals surface area contributed by atoms with Crippen LogP contribution in [-0.4, -0.2) is 51.1 Å². The van der Waals surface area contributed by atoms with Crippen LogP contribution in [0.1, 0.15) is 18.7 Å². The van der Waals surface area contributed by atoms with Crippen LogP contribution in [0.5, 0.6) is 5.75 Å². The molecule has 9 nitrogen and oxygen atoms in total. The summed E-state index contributed by atoms with van der Waals surface area (Å²) in [6.07, 6.45) is -3.92. The van der Waals surface area contributed by atoms with Crippen molar-refractivity contribution < 1.29 is 28.9 Å². The molecule has 2 unspecified atom stereocenters. The van der Waals surface area contributed by atoms with Gasteiger partial charge in [-0.1, -0.05) is 12.1 Å². The SMILES string of the molecule is COc1ccc(CC(=O)Nc2nc(=O)n([C@@H]3O[C@H](C)C(O)C3O)cc2F)cc1. The van der Waals surface area contributed by atoms with E-state index < -0.39 is 47.8 Å². The summed E-state index contributed by atoms with van der Waals surface area (Å²) in [7, 11) is 1.52. The average Bonchev–Trinajstić information content (AvgIpc) is 2.92. The van der Waals surface area contributed by atoms with Gasteiger partial charge >= 0.3 is 5.69 Å². The molecule has 2 heterocycles. The van der Waals surface area contributed by atoms with E-state index in [0.717, 1.165) is 10.8 Å². The molecular weight excluding hydrogens is 373 g/mol. The minimum absolute atomic E-state index is 0.0532. The van der Waals surface area contributed by atoms with Gasteiger partial charge in [0.25, 0.3) is 0 Å². The third-order valence-electron chi connectivity index (χ3n) is 4.44. The average molecular weight is 393 g/mol. The molecule has 1 aromatic carbocycles. The van der Waals surface area contributed by atoms with Crippen molar-refractivity contribution in [3.05, 3.63) is 52.3 Å². The van der Waals surface area contributed by atoms with E-state index in [1.54, 1.807) is 24.3 Å². The molecule has 10 heteroatoms. The number of hydrogen-bond acceptors (Lipinski definition) is 7. The van der Waals surface area contributed by atoms with Crippen LogP contribution in [0.2, 0.25) is 0 Å². The first-order valence-electron chi connectivity index (χ1n) is 8.53. The number of carbonyl (C=O) groups excluding carboxylic acids is 1. The van der Waals surface area contributed by atoms with Gasteiger partial charge in [-0.15, -0.1) is 0 Å². The summed E-state index contributed by atoms with van der Waals surface area (Å²) in [5.41, 5.74) is -0.274. The summed E-state index contributed by atoms with van der Waals surface area (Å²) in [6, 6.07) is 6.74. The maximum atomic E-state index is 14.3. The van der Waals surface area contributed by atoms with Gasteiger partial charge in [0.05, 0.1) is 25.8 Å². The van der Waals surface area contributed by atoms with Crippen LogP contribution in [0, 0.1) is 5.82 Å². The Morgan fingerprint density at radius 2 is 2.00 bits per heavy atom. The molecule has 2 aromatic rings. The van der Waals surface area contributed by atoms with Crippen molar-refractivity contribution in [2.75, 3.05) is 12.4 Å². The van der Waals surface area contributed by atoms with E-state index >= 15 is 0 Å². The zero-order chi connectivity index (χ0) is 20.4. The first-order valence-corrected chi connectivity index (χ1v) is 8.53. The fourth-order valence-electron chi connectivity index (χ4n) is 2.88. The maximum absolute atomic E-state index is 14.3. The maximum Gasteiger partial charge on any atom is 0.351 e. The third kappa shape index (κ3) is 4.03. The summed E-state index contributed by atoms with van der Waals surface area (Å²) in [5, 5.41) is 21.9. The van der Waals surface area contributed by atoms with Crippen LogP contribution in [0.15, 0.2) is 35.3 Å². The monoisotopic (exact) mass is 393 g/mol. The number of methoxy groups -OCH3 is 1. The Balaban J connectivity index is 1.73. The minimum atomic E-state index is -1.41. The van der Waals surface area contributed by atoms with E-state index in [1.165, 1.54) is 14.0 Å². The Labute approximate surface area is 159 Å². The molecule has 1 fully saturated rings. The molecule has 0 spiro atoms. The number of aliphatic hydroxyl groups excluding tert-OH is 2. The molecular formula is C18H20FN3O6. The van der Waals surface area contributed by atoms with E-state index in [4.69, 9.17) is 9.47 Å². The molecule has 3 rings (SSSR count). The smallest absolute Gasteiger partial charge is 0.351 e. The van der Waals surface area contributed by atoms with E-state index in [9.17, 15) is 24.2 Å². The summed E-state index contributed by atoms with van der Waals surface area (Å²) >= 11 is 0. The lowest BCUT2D eigenvalue weighted by Crippen LogP contribution is -2.36. The quantitative estimate of drug-likeness (QED) is 0.664. The van der Waals surface area contributed by atoms with Gasteiger partial charge in [-0.2, -0.15) is 4.98 Å². The Morgan fingerprint density at radius 1 is 1.32 bits per heavy atom. The van der Waals surface area contributed by atoms with Crippen molar-refractivity contribution in [3.63, 3.8) is 0 Å². The predicted molar refractivity (Wildman–Crippen MR) is 95.4 cm³/mol. The second-order valence-electron chi connectivity index (χ2n) is 6.41. The molecule has 1 aromatic heterocycles. The van der Waals surface area contributed by atoms with Gasteiger partial charge in [-0.25, -0.2) is 9.18 Å². The molecule has 150 valence electrons. The van der Waals surface area contributed by atoms with Crippen LogP contribution < -0.4 is 15.7 Å². The van der Waals surface area contributed by atoms with Gasteiger partial charge in [0.15, 0.2) is 17.9 Å². The molecule has 1 saturated heterocycles. The summed E-state index contributed by atoms with van der Waals surface area (Å²) < 4.78 is 25.4. The van der Waals surface area contributed by atoms with Gasteiger partial charge in [0, 0.05) is 0 Å². The van der Waals surface area contributed by atoms with Crippen LogP contribution >= 0.6 is 0 Å². The zero-order valence-corrected chi connectivity index (χ0v) is 15.2. The zero-order valence-electron chi connectivity index (χ0n) is 15.2. The van der Waals surface area contributed by atoms with Crippen molar-refractivity contribution in [1.29, 1.82) is 0 Å². The number of anilines is 1. The Morgan fingerprint density at radius 3 is 2.57 bits per heavy atom. The van der Waals surface area contributed by atoms with Crippen molar-refractivity contribution >= 4 is 11.7 Å². The molecule has 1 amide bonds. The predicted octanol–water partition coefficient (Wildman–Crippen LogP) is 0.211. The van der Waals surface area contributed by atoms with Crippen molar-refractivity contribution in [3.8, 4) is 5.75 Å². The number of nitrogens with one attached hydrogen (secondary N) is 1. The lowest BCUT2D eigenvalue weighted by Gasteiger charge is -2.17. The van der Waals surface area contributed by atoms with Gasteiger partial charge in [-0.3, -0.25) is 9.36 Å². The fraction of sp³-hybridized carbons (Fsp3) is 0.389. The van der Waals surface area contributed by atoms with Gasteiger partial charge in [0.2, 0.25) is 5.91 Å². The molecule has 0 aliphatic carbocycles. The second kappa shape index (κ2) is 8.05. The molecule has 4 atom stereocenters. The normalized spacial score (nSPS) is 24.2. The van der Waals surface area contributed by atoms with E-state index in [2.05, 4.69) is 10.3 Å². The molecule has 0 saturated carbocycles. The number of carbonyl (C=O) groups is 1. The van der Waals surface area contributed by atoms with Crippen molar-refractivity contribution in [2.24, 2.45) is 0 Å². The van der Waals surface area contributed by atoms with Crippen LogP contribution in [0.4, 0.5) is 10.2 Å². The van der Waals surface area contributed by atoms with E-state index in [1.807, 2.05) is 0 Å². The number of benzene rings is 1. The standard InChI is InChI=1S/C18H20FN3O6/c1-9-14(24)15(25)17(28-9)22-8-12(19)16(21-18(22)26)20-13(23)7-10-3-5-11(27-2)6-4-10/h3-6,8-9,14-15,17,24-25H,7H2,1-2H3,(H,20,21,23,26)/t9-,14?,15?,17-/m1/s1. The van der Waals surface area contributed by atoms with Crippen LogP contribution in [-0.2, 0) is 16.0 Å². The van der Waals surface area contributed by atoms with Gasteiger partial charge in [0.1, 0.15) is 18.0 Å². The highest BCUT2D eigenvalue weighted by atomic mass is 19.1. The number of ether oxygens (including phenoxy) is 2. The number of rotatable bonds is 5. The molecule has 0 bridgehead atoms. The first kappa shape index (κ1) is 19.9. The highest BCUT2D eigenvalue weighted by molar-refractivity contribution is 5.91. The van der Waals surface area contributed by atoms with Crippen molar-refractivity contribution in [1.82, 2.24) is 9.55 Å². The lowest BCUT2D eigenvalue weighted by molar-refractivity contribution is -0.115. The van der Waals surface area contributed by atoms with Gasteiger partial charge in [-0.05, 0) is 24.6 Å². The van der Waals surface area contributed by atoms with Crippen LogP contribution in [0.3, 0.4) is 0 Å². The molecule has 28 heavy (non-hydrogen) atoms. The Kier molecular flexibility index (Phi) is 5.73. The molecule has 3 N–H and O–H groups in total. The first-order chi connectivity index (χ1) is 13.3. The Bertz CT molecular complexity index is 917. The van der Waals surface area contributed by atoms with Gasteiger partial charge < -0.3 is 25.0 Å². The molecule has 1 aliphatic heterocycles. The lowest BCUT2D eigenvalue weighted by atomic mass is 10.1. The second-order valence-corrected chi connectivity index (χ2v) is 6.41. The number of amides is 1. The number of hydrogen-bond donors (Lipinski definition) is 3. The fourth-order valence-corrected chi connectivity index (χ4v) is 2.88. The summed E-state index contributed by atoms with van der Waals surface area (Å²) in [6.45, 7) is 1.51. The number of halogens is 1. The largest absolute Gasteiger partial charge is 0.497 e. The minimum Gasteiger partial charge on any atom is -0.497 e. The number of nitrogens with zero attached hydrogens (tertiary/aromatic N) is 2. The third-order valence-corrected chi connectivity index (χ3v) is 4.44. The Hall–Kier alpha value is -2.82. The number of aliphatic hydroxyl groups is 2. The van der Waals surface area contributed by atoms with Crippen LogP contribution in [0.25, 0.3) is 0 Å². The van der Waals surface area contributed by atoms with Crippen molar-refractivity contribution in [2.45, 2.75) is 37.9 Å². The topological polar surface area (TPSA) is 123 Å². The van der Waals surface area contributed by atoms with E-state index in [0.29, 0.717) is 11.3 Å². The summed E-state index contributed by atoms with van der Waals surface area (Å²) in [4.78, 5) is 27.8. The van der Waals surface area contributed by atoms with E-state index in [-0.39, 0.29) is 6.42 Å². The molecule has 1 aliphatic rings. The highest BCUT2D eigenvalue weighted by Gasteiger charge is 2.42. The molecule has 0 radical (unpaired) electrons.